The van der Waals surface area contributed by atoms with Crippen LogP contribution in [0.5, 0.6) is 0 Å². The van der Waals surface area contributed by atoms with E-state index >= 15 is 0 Å². The number of halogens is 3. The molecular formula is C9H7BrF2O5S. The molecule has 0 aliphatic carbocycles. The van der Waals surface area contributed by atoms with Gasteiger partial charge in [-0.1, -0.05) is 15.9 Å². The highest BCUT2D eigenvalue weighted by molar-refractivity contribution is 9.10. The van der Waals surface area contributed by atoms with E-state index < -0.39 is 45.6 Å². The molecular weight excluding hydrogens is 338 g/mol. The maximum Gasteiger partial charge on any atom is 0.344 e. The summed E-state index contributed by atoms with van der Waals surface area (Å²) >= 11 is 2.83. The van der Waals surface area contributed by atoms with Crippen LogP contribution < -0.4 is 0 Å². The normalized spacial score (nSPS) is 11.3. The molecule has 1 aromatic rings. The standard InChI is InChI=1S/C9H7BrF2O5S/c10-5-3-6(11)8(7(12)4-5)9(13)17-1-2-18(14,15)16/h3-4H,1-2H2,(H,14,15,16). The van der Waals surface area contributed by atoms with Crippen molar-refractivity contribution in [2.45, 2.75) is 0 Å². The Balaban J connectivity index is 2.80. The zero-order valence-corrected chi connectivity index (χ0v) is 11.1. The fourth-order valence-corrected chi connectivity index (χ4v) is 1.74. The lowest BCUT2D eigenvalue weighted by Gasteiger charge is -2.06. The van der Waals surface area contributed by atoms with Gasteiger partial charge in [-0.3, -0.25) is 4.55 Å². The maximum atomic E-state index is 13.3. The zero-order valence-electron chi connectivity index (χ0n) is 8.69. The Morgan fingerprint density at radius 3 is 2.28 bits per heavy atom. The number of rotatable bonds is 4. The number of esters is 1. The highest BCUT2D eigenvalue weighted by Crippen LogP contribution is 2.20. The molecule has 0 aliphatic heterocycles. The van der Waals surface area contributed by atoms with Crippen LogP contribution in [0.4, 0.5) is 8.78 Å². The van der Waals surface area contributed by atoms with Crippen molar-refractivity contribution < 1.29 is 31.3 Å². The SMILES string of the molecule is O=C(OCCS(=O)(=O)O)c1c(F)cc(Br)cc1F. The monoisotopic (exact) mass is 344 g/mol. The molecule has 0 saturated heterocycles. The summed E-state index contributed by atoms with van der Waals surface area (Å²) < 4.78 is 60.1. The molecule has 0 saturated carbocycles. The maximum absolute atomic E-state index is 13.3. The number of hydrogen-bond acceptors (Lipinski definition) is 4. The average Bonchev–Trinajstić information content (AvgIpc) is 2.13. The van der Waals surface area contributed by atoms with Gasteiger partial charge in [0.1, 0.15) is 29.6 Å². The Morgan fingerprint density at radius 2 is 1.83 bits per heavy atom. The fourth-order valence-electron chi connectivity index (χ4n) is 1.05. The molecule has 1 N–H and O–H groups in total. The van der Waals surface area contributed by atoms with Crippen LogP contribution in [0.3, 0.4) is 0 Å². The third-order valence-electron chi connectivity index (χ3n) is 1.79. The lowest BCUT2D eigenvalue weighted by Crippen LogP contribution is -2.16. The molecule has 0 spiro atoms. The van der Waals surface area contributed by atoms with Gasteiger partial charge in [-0.2, -0.15) is 8.42 Å². The first-order chi connectivity index (χ1) is 8.20. The van der Waals surface area contributed by atoms with Gasteiger partial charge in [-0.25, -0.2) is 13.6 Å². The minimum atomic E-state index is -4.30. The molecule has 0 unspecified atom stereocenters. The molecule has 0 aliphatic rings. The van der Waals surface area contributed by atoms with E-state index in [0.29, 0.717) is 0 Å². The van der Waals surface area contributed by atoms with Crippen LogP contribution in [-0.4, -0.2) is 31.3 Å². The van der Waals surface area contributed by atoms with Crippen molar-refractivity contribution in [3.8, 4) is 0 Å². The Bertz CT molecular complexity index is 549. The van der Waals surface area contributed by atoms with Crippen LogP contribution in [0.15, 0.2) is 16.6 Å². The Labute approximate surface area is 110 Å². The molecule has 0 bridgehead atoms. The Morgan fingerprint density at radius 1 is 1.33 bits per heavy atom. The molecule has 1 aromatic carbocycles. The minimum absolute atomic E-state index is 0.104. The van der Waals surface area contributed by atoms with E-state index in [9.17, 15) is 22.0 Å². The molecule has 1 rings (SSSR count). The minimum Gasteiger partial charge on any atom is -0.461 e. The number of hydrogen-bond donors (Lipinski definition) is 1. The Kier molecular flexibility index (Phi) is 4.77. The molecule has 0 heterocycles. The summed E-state index contributed by atoms with van der Waals surface area (Å²) in [7, 11) is -4.30. The third kappa shape index (κ3) is 4.31. The van der Waals surface area contributed by atoms with Crippen LogP contribution in [-0.2, 0) is 14.9 Å². The first-order valence-electron chi connectivity index (χ1n) is 4.47. The average molecular weight is 345 g/mol. The van der Waals surface area contributed by atoms with E-state index in [0.717, 1.165) is 12.1 Å². The van der Waals surface area contributed by atoms with Crippen LogP contribution in [0, 0.1) is 11.6 Å². The Hall–Kier alpha value is -1.06. The molecule has 0 atom stereocenters. The van der Waals surface area contributed by atoms with Crippen LogP contribution >= 0.6 is 15.9 Å². The van der Waals surface area contributed by atoms with Gasteiger partial charge in [0.2, 0.25) is 0 Å². The van der Waals surface area contributed by atoms with E-state index in [-0.39, 0.29) is 4.47 Å². The second-order valence-electron chi connectivity index (χ2n) is 3.17. The first kappa shape index (κ1) is 15.0. The van der Waals surface area contributed by atoms with Crippen molar-refractivity contribution >= 4 is 32.0 Å². The topological polar surface area (TPSA) is 80.7 Å². The predicted molar refractivity (Wildman–Crippen MR) is 60.8 cm³/mol. The summed E-state index contributed by atoms with van der Waals surface area (Å²) in [5, 5.41) is 0. The van der Waals surface area contributed by atoms with Gasteiger partial charge in [-0.05, 0) is 12.1 Å². The highest BCUT2D eigenvalue weighted by Gasteiger charge is 2.20. The van der Waals surface area contributed by atoms with Gasteiger partial charge in [-0.15, -0.1) is 0 Å². The molecule has 100 valence electrons. The van der Waals surface area contributed by atoms with Crippen LogP contribution in [0.2, 0.25) is 0 Å². The lowest BCUT2D eigenvalue weighted by atomic mass is 10.2. The number of carbonyl (C=O) groups is 1. The first-order valence-corrected chi connectivity index (χ1v) is 6.88. The van der Waals surface area contributed by atoms with E-state index in [1.807, 2.05) is 0 Å². The second-order valence-corrected chi connectivity index (χ2v) is 5.65. The van der Waals surface area contributed by atoms with Gasteiger partial charge in [0.25, 0.3) is 10.1 Å². The zero-order chi connectivity index (χ0) is 13.9. The number of carbonyl (C=O) groups excluding carboxylic acids is 1. The summed E-state index contributed by atoms with van der Waals surface area (Å²) in [5.41, 5.74) is -0.923. The lowest BCUT2D eigenvalue weighted by molar-refractivity contribution is 0.0517. The smallest absolute Gasteiger partial charge is 0.344 e. The molecule has 0 aromatic heterocycles. The van der Waals surface area contributed by atoms with Gasteiger partial charge in [0.05, 0.1) is 0 Å². The summed E-state index contributed by atoms with van der Waals surface area (Å²) in [4.78, 5) is 11.3. The van der Waals surface area contributed by atoms with Gasteiger partial charge in [0.15, 0.2) is 0 Å². The molecule has 0 fully saturated rings. The van der Waals surface area contributed by atoms with Crippen molar-refractivity contribution in [2.24, 2.45) is 0 Å². The van der Waals surface area contributed by atoms with E-state index in [2.05, 4.69) is 20.7 Å². The third-order valence-corrected chi connectivity index (χ3v) is 2.93. The van der Waals surface area contributed by atoms with Crippen molar-refractivity contribution in [1.29, 1.82) is 0 Å². The van der Waals surface area contributed by atoms with Crippen LogP contribution in [0.1, 0.15) is 10.4 Å². The van der Waals surface area contributed by atoms with Gasteiger partial charge in [0, 0.05) is 4.47 Å². The molecule has 0 radical (unpaired) electrons. The van der Waals surface area contributed by atoms with Crippen molar-refractivity contribution in [2.75, 3.05) is 12.4 Å². The van der Waals surface area contributed by atoms with E-state index in [1.165, 1.54) is 0 Å². The fraction of sp³-hybridized carbons (Fsp3) is 0.222. The van der Waals surface area contributed by atoms with E-state index in [4.69, 9.17) is 4.55 Å². The molecule has 5 nitrogen and oxygen atoms in total. The quantitative estimate of drug-likeness (QED) is 0.665. The highest BCUT2D eigenvalue weighted by atomic mass is 79.9. The summed E-state index contributed by atoms with van der Waals surface area (Å²) in [6, 6.07) is 1.73. The second kappa shape index (κ2) is 5.72. The van der Waals surface area contributed by atoms with Crippen molar-refractivity contribution in [3.05, 3.63) is 33.8 Å². The summed E-state index contributed by atoms with van der Waals surface area (Å²) in [6.07, 6.45) is 0. The van der Waals surface area contributed by atoms with Crippen LogP contribution in [0.25, 0.3) is 0 Å². The number of benzene rings is 1. The van der Waals surface area contributed by atoms with Crippen molar-refractivity contribution in [1.82, 2.24) is 0 Å². The molecule has 0 amide bonds. The van der Waals surface area contributed by atoms with Gasteiger partial charge >= 0.3 is 5.97 Å². The molecule has 18 heavy (non-hydrogen) atoms. The number of ether oxygens (including phenoxy) is 1. The molecule has 9 heteroatoms. The summed E-state index contributed by atoms with van der Waals surface area (Å²) in [6.45, 7) is -0.702. The van der Waals surface area contributed by atoms with Gasteiger partial charge < -0.3 is 4.74 Å². The van der Waals surface area contributed by atoms with Crippen molar-refractivity contribution in [3.63, 3.8) is 0 Å². The predicted octanol–water partition coefficient (Wildman–Crippen LogP) is 1.77. The summed E-state index contributed by atoms with van der Waals surface area (Å²) in [5.74, 6) is -4.47. The largest absolute Gasteiger partial charge is 0.461 e. The van der Waals surface area contributed by atoms with E-state index in [1.54, 1.807) is 0 Å².